The van der Waals surface area contributed by atoms with Crippen molar-refractivity contribution in [1.29, 1.82) is 0 Å². The predicted octanol–water partition coefficient (Wildman–Crippen LogP) is 5.88. The normalized spacial score (nSPS) is 11.2. The molecule has 0 aliphatic carbocycles. The van der Waals surface area contributed by atoms with E-state index in [0.717, 1.165) is 33.0 Å². The van der Waals surface area contributed by atoms with Crippen LogP contribution in [0.3, 0.4) is 0 Å². The Labute approximate surface area is 179 Å². The van der Waals surface area contributed by atoms with Crippen LogP contribution in [0.25, 0.3) is 27.2 Å². The first-order valence-corrected chi connectivity index (χ1v) is 10.1. The summed E-state index contributed by atoms with van der Waals surface area (Å²) < 4.78 is 21.0. The first kappa shape index (κ1) is 19.1. The molecule has 0 bridgehead atoms. The van der Waals surface area contributed by atoms with Gasteiger partial charge >= 0.3 is 0 Å². The molecule has 5 aromatic rings. The third-order valence-electron chi connectivity index (χ3n) is 5.68. The van der Waals surface area contributed by atoms with Gasteiger partial charge in [0, 0.05) is 11.6 Å². The Kier molecular flexibility index (Phi) is 4.75. The molecule has 4 heteroatoms. The van der Waals surface area contributed by atoms with Gasteiger partial charge in [0.15, 0.2) is 0 Å². The zero-order valence-electron chi connectivity index (χ0n) is 17.0. The van der Waals surface area contributed by atoms with Crippen molar-refractivity contribution in [3.05, 3.63) is 118 Å². The molecule has 0 N–H and O–H groups in total. The molecule has 0 spiro atoms. The minimum Gasteiger partial charge on any atom is -0.497 e. The Balaban J connectivity index is 1.73. The number of ether oxygens (including phenoxy) is 1. The van der Waals surface area contributed by atoms with Gasteiger partial charge in [-0.2, -0.15) is 0 Å². The summed E-state index contributed by atoms with van der Waals surface area (Å²) in [6, 6.07) is 26.2. The van der Waals surface area contributed by atoms with E-state index < -0.39 is 5.82 Å². The van der Waals surface area contributed by atoms with Gasteiger partial charge in [0.25, 0.3) is 5.56 Å². The number of pyridine rings is 1. The summed E-state index contributed by atoms with van der Waals surface area (Å²) in [6.45, 7) is 0. The third kappa shape index (κ3) is 3.36. The number of hydrogen-bond donors (Lipinski definition) is 0. The van der Waals surface area contributed by atoms with E-state index >= 15 is 0 Å². The van der Waals surface area contributed by atoms with Gasteiger partial charge in [-0.1, -0.05) is 48.5 Å². The number of rotatable bonds is 4. The Morgan fingerprint density at radius 3 is 2.23 bits per heavy atom. The van der Waals surface area contributed by atoms with Gasteiger partial charge in [-0.15, -0.1) is 0 Å². The molecule has 0 fully saturated rings. The molecular formula is C27H20FNO2. The minimum atomic E-state index is -0.428. The monoisotopic (exact) mass is 409 g/mol. The highest BCUT2D eigenvalue weighted by molar-refractivity contribution is 6.08. The van der Waals surface area contributed by atoms with Crippen LogP contribution in [-0.2, 0) is 6.42 Å². The van der Waals surface area contributed by atoms with Crippen LogP contribution in [0.15, 0.2) is 95.9 Å². The second kappa shape index (κ2) is 7.73. The minimum absolute atomic E-state index is 0.232. The van der Waals surface area contributed by atoms with Gasteiger partial charge in [-0.3, -0.25) is 9.36 Å². The molecule has 0 amide bonds. The number of aromatic nitrogens is 1. The molecule has 0 saturated heterocycles. The summed E-state index contributed by atoms with van der Waals surface area (Å²) in [5.74, 6) is 0.378. The summed E-state index contributed by atoms with van der Waals surface area (Å²) >= 11 is 0. The molecule has 4 aromatic carbocycles. The fourth-order valence-corrected chi connectivity index (χ4v) is 4.12. The highest BCUT2D eigenvalue weighted by Crippen LogP contribution is 2.29. The van der Waals surface area contributed by atoms with Crippen molar-refractivity contribution in [2.75, 3.05) is 7.11 Å². The van der Waals surface area contributed by atoms with Gasteiger partial charge in [-0.05, 0) is 70.1 Å². The lowest BCUT2D eigenvalue weighted by Gasteiger charge is -2.13. The average Bonchev–Trinajstić information content (AvgIpc) is 2.81. The van der Waals surface area contributed by atoms with Crippen LogP contribution in [0, 0.1) is 5.82 Å². The quantitative estimate of drug-likeness (QED) is 0.347. The maximum atomic E-state index is 14.4. The van der Waals surface area contributed by atoms with Crippen LogP contribution in [0.4, 0.5) is 4.39 Å². The van der Waals surface area contributed by atoms with Crippen molar-refractivity contribution in [1.82, 2.24) is 4.57 Å². The zero-order chi connectivity index (χ0) is 21.4. The van der Waals surface area contributed by atoms with E-state index in [1.54, 1.807) is 31.5 Å². The van der Waals surface area contributed by atoms with E-state index in [4.69, 9.17) is 4.74 Å². The lowest BCUT2D eigenvalue weighted by atomic mass is 9.94. The third-order valence-corrected chi connectivity index (χ3v) is 5.68. The van der Waals surface area contributed by atoms with Crippen molar-refractivity contribution >= 4 is 21.5 Å². The molecule has 0 radical (unpaired) electrons. The molecule has 1 heterocycles. The fraction of sp³-hybridized carbons (Fsp3) is 0.0741. The maximum absolute atomic E-state index is 14.4. The number of halogens is 1. The Morgan fingerprint density at radius 2 is 1.48 bits per heavy atom. The molecule has 1 aromatic heterocycles. The second-order valence-electron chi connectivity index (χ2n) is 7.51. The smallest absolute Gasteiger partial charge is 0.263 e. The Morgan fingerprint density at radius 1 is 0.806 bits per heavy atom. The van der Waals surface area contributed by atoms with Gasteiger partial charge in [-0.25, -0.2) is 4.39 Å². The van der Waals surface area contributed by atoms with Gasteiger partial charge in [0.2, 0.25) is 0 Å². The largest absolute Gasteiger partial charge is 0.497 e. The summed E-state index contributed by atoms with van der Waals surface area (Å²) in [4.78, 5) is 13.4. The van der Waals surface area contributed by atoms with E-state index in [0.29, 0.717) is 11.8 Å². The lowest BCUT2D eigenvalue weighted by molar-refractivity contribution is 0.414. The Hall–Kier alpha value is -3.92. The molecule has 0 unspecified atom stereocenters. The number of fused-ring (bicyclic) bond motifs is 3. The number of para-hydroxylation sites is 1. The van der Waals surface area contributed by atoms with Crippen LogP contribution >= 0.6 is 0 Å². The molecular weight excluding hydrogens is 389 g/mol. The van der Waals surface area contributed by atoms with Crippen molar-refractivity contribution in [3.8, 4) is 11.4 Å². The number of nitrogens with zero attached hydrogens (tertiary/aromatic N) is 1. The highest BCUT2D eigenvalue weighted by atomic mass is 19.1. The maximum Gasteiger partial charge on any atom is 0.263 e. The molecule has 31 heavy (non-hydrogen) atoms. The van der Waals surface area contributed by atoms with Gasteiger partial charge in [0.1, 0.15) is 11.6 Å². The summed E-state index contributed by atoms with van der Waals surface area (Å²) in [6.07, 6.45) is 2.33. The summed E-state index contributed by atoms with van der Waals surface area (Å²) in [7, 11) is 1.65. The predicted molar refractivity (Wildman–Crippen MR) is 123 cm³/mol. The van der Waals surface area contributed by atoms with Crippen molar-refractivity contribution in [3.63, 3.8) is 0 Å². The SMILES string of the molecule is COc1ccc(Cc2cc3c(=O)n(-c4ccccc4F)ccc3c3ccccc23)cc1. The molecule has 5 rings (SSSR count). The lowest BCUT2D eigenvalue weighted by Crippen LogP contribution is -2.19. The first-order valence-electron chi connectivity index (χ1n) is 10.1. The first-order chi connectivity index (χ1) is 15.2. The topological polar surface area (TPSA) is 31.2 Å². The molecule has 0 atom stereocenters. The molecule has 3 nitrogen and oxygen atoms in total. The highest BCUT2D eigenvalue weighted by Gasteiger charge is 2.13. The average molecular weight is 409 g/mol. The number of hydrogen-bond acceptors (Lipinski definition) is 2. The summed E-state index contributed by atoms with van der Waals surface area (Å²) in [5, 5.41) is 3.56. The van der Waals surface area contributed by atoms with Gasteiger partial charge in [0.05, 0.1) is 12.8 Å². The van der Waals surface area contributed by atoms with Crippen molar-refractivity contribution in [2.45, 2.75) is 6.42 Å². The van der Waals surface area contributed by atoms with E-state index in [-0.39, 0.29) is 11.2 Å². The second-order valence-corrected chi connectivity index (χ2v) is 7.51. The molecule has 152 valence electrons. The molecule has 0 saturated carbocycles. The van der Waals surface area contributed by atoms with E-state index in [1.165, 1.54) is 10.6 Å². The molecule has 0 aliphatic rings. The van der Waals surface area contributed by atoms with E-state index in [9.17, 15) is 9.18 Å². The number of methoxy groups -OCH3 is 1. The van der Waals surface area contributed by atoms with Crippen LogP contribution in [0.2, 0.25) is 0 Å². The van der Waals surface area contributed by atoms with E-state index in [1.807, 2.05) is 54.6 Å². The standard InChI is InChI=1S/C27H20FNO2/c1-31-20-12-10-18(11-13-20)16-19-17-24-23(22-7-3-2-6-21(19)22)14-15-29(27(24)30)26-9-5-4-8-25(26)28/h2-15,17H,16H2,1H3. The van der Waals surface area contributed by atoms with Crippen molar-refractivity contribution in [2.24, 2.45) is 0 Å². The summed E-state index contributed by atoms with van der Waals surface area (Å²) in [5.41, 5.74) is 2.19. The number of benzene rings is 4. The van der Waals surface area contributed by atoms with Gasteiger partial charge < -0.3 is 4.74 Å². The van der Waals surface area contributed by atoms with Crippen molar-refractivity contribution < 1.29 is 9.13 Å². The van der Waals surface area contributed by atoms with Crippen LogP contribution in [0.1, 0.15) is 11.1 Å². The fourth-order valence-electron chi connectivity index (χ4n) is 4.12. The molecule has 0 aliphatic heterocycles. The van der Waals surface area contributed by atoms with Crippen LogP contribution < -0.4 is 10.3 Å². The van der Waals surface area contributed by atoms with Crippen LogP contribution in [-0.4, -0.2) is 11.7 Å². The Bertz CT molecular complexity index is 1470. The van der Waals surface area contributed by atoms with E-state index in [2.05, 4.69) is 6.07 Å². The zero-order valence-corrected chi connectivity index (χ0v) is 17.0. The van der Waals surface area contributed by atoms with Crippen LogP contribution in [0.5, 0.6) is 5.75 Å².